The molecular formula is C22H25NO4Se. The number of hydrogen-bond acceptors (Lipinski definition) is 4. The van der Waals surface area contributed by atoms with Gasteiger partial charge in [0.25, 0.3) is 0 Å². The van der Waals surface area contributed by atoms with Crippen LogP contribution in [0.2, 0.25) is 0 Å². The van der Waals surface area contributed by atoms with Gasteiger partial charge in [0.1, 0.15) is 0 Å². The van der Waals surface area contributed by atoms with Gasteiger partial charge in [-0.2, -0.15) is 0 Å². The molecule has 1 aliphatic heterocycles. The molecule has 0 aromatic heterocycles. The fourth-order valence-corrected chi connectivity index (χ4v) is 3.82. The van der Waals surface area contributed by atoms with Gasteiger partial charge in [0.15, 0.2) is 0 Å². The second-order valence-electron chi connectivity index (χ2n) is 7.17. The SMILES string of the molecule is CC(C)[C@H]1COC(=[Se])N1C(=O)C(OCc1ccccc1)C(O)c1ccccc1. The molecule has 148 valence electrons. The molecule has 3 rings (SSSR count). The van der Waals surface area contributed by atoms with E-state index in [1.54, 1.807) is 17.0 Å². The van der Waals surface area contributed by atoms with Crippen LogP contribution in [0.1, 0.15) is 31.1 Å². The number of aliphatic hydroxyl groups excluding tert-OH is 1. The van der Waals surface area contributed by atoms with E-state index < -0.39 is 12.2 Å². The first kappa shape index (κ1) is 20.7. The molecule has 0 saturated carbocycles. The summed E-state index contributed by atoms with van der Waals surface area (Å²) in [5.74, 6) is -0.101. The van der Waals surface area contributed by atoms with Crippen molar-refractivity contribution in [3.8, 4) is 0 Å². The summed E-state index contributed by atoms with van der Waals surface area (Å²) in [6.45, 7) is 4.74. The van der Waals surface area contributed by atoms with Crippen LogP contribution < -0.4 is 0 Å². The summed E-state index contributed by atoms with van der Waals surface area (Å²) in [6.07, 6.45) is -2.13. The van der Waals surface area contributed by atoms with Gasteiger partial charge in [-0.05, 0) is 0 Å². The Morgan fingerprint density at radius 1 is 1.18 bits per heavy atom. The molecule has 2 unspecified atom stereocenters. The zero-order chi connectivity index (χ0) is 20.1. The van der Waals surface area contributed by atoms with Crippen LogP contribution in [0.25, 0.3) is 0 Å². The molecule has 1 fully saturated rings. The standard InChI is InChI=1S/C22H25NO4Se/c1-15(2)18-14-27-22(28)23(18)21(25)20(19(24)17-11-7-4-8-12-17)26-13-16-9-5-3-6-10-16/h3-12,15,18-20,24H,13-14H2,1-2H3/t18-,19?,20?/m1/s1. The quantitative estimate of drug-likeness (QED) is 0.664. The van der Waals surface area contributed by atoms with Gasteiger partial charge in [-0.15, -0.1) is 0 Å². The number of aliphatic hydroxyl groups is 1. The molecule has 0 spiro atoms. The van der Waals surface area contributed by atoms with Gasteiger partial charge in [0.2, 0.25) is 0 Å². The Bertz CT molecular complexity index is 797. The number of hydrogen-bond donors (Lipinski definition) is 1. The molecule has 1 heterocycles. The molecule has 0 radical (unpaired) electrons. The number of amides is 1. The molecule has 2 aromatic carbocycles. The summed E-state index contributed by atoms with van der Waals surface area (Å²) in [7, 11) is 0. The van der Waals surface area contributed by atoms with Crippen molar-refractivity contribution in [2.75, 3.05) is 6.61 Å². The van der Waals surface area contributed by atoms with Crippen molar-refractivity contribution in [1.82, 2.24) is 4.90 Å². The van der Waals surface area contributed by atoms with E-state index in [-0.39, 0.29) is 24.5 Å². The molecule has 1 N–H and O–H groups in total. The first-order valence-electron chi connectivity index (χ1n) is 9.37. The number of carbonyl (C=O) groups is 1. The summed E-state index contributed by atoms with van der Waals surface area (Å²) in [4.78, 5) is 15.0. The van der Waals surface area contributed by atoms with Crippen molar-refractivity contribution in [2.45, 2.75) is 38.7 Å². The van der Waals surface area contributed by atoms with Gasteiger partial charge >= 0.3 is 174 Å². The van der Waals surface area contributed by atoms with Gasteiger partial charge < -0.3 is 0 Å². The Kier molecular flexibility index (Phi) is 7.02. The Morgan fingerprint density at radius 3 is 2.39 bits per heavy atom. The van der Waals surface area contributed by atoms with E-state index >= 15 is 0 Å². The zero-order valence-corrected chi connectivity index (χ0v) is 17.7. The van der Waals surface area contributed by atoms with E-state index in [1.165, 1.54) is 0 Å². The molecule has 0 bridgehead atoms. The van der Waals surface area contributed by atoms with Crippen molar-refractivity contribution in [3.63, 3.8) is 0 Å². The molecule has 6 heteroatoms. The van der Waals surface area contributed by atoms with Crippen molar-refractivity contribution in [3.05, 3.63) is 71.8 Å². The molecule has 3 atom stereocenters. The van der Waals surface area contributed by atoms with Crippen LogP contribution in [0.3, 0.4) is 0 Å². The van der Waals surface area contributed by atoms with Crippen molar-refractivity contribution < 1.29 is 19.4 Å². The summed E-state index contributed by atoms with van der Waals surface area (Å²) in [5.41, 5.74) is 1.57. The van der Waals surface area contributed by atoms with E-state index in [0.29, 0.717) is 16.9 Å². The van der Waals surface area contributed by atoms with Crippen LogP contribution in [-0.2, 0) is 20.9 Å². The van der Waals surface area contributed by atoms with Crippen LogP contribution in [0.4, 0.5) is 0 Å². The molecule has 1 saturated heterocycles. The predicted molar refractivity (Wildman–Crippen MR) is 109 cm³/mol. The summed E-state index contributed by atoms with van der Waals surface area (Å²) >= 11 is 2.82. The molecule has 1 aliphatic rings. The van der Waals surface area contributed by atoms with Gasteiger partial charge in [-0.3, -0.25) is 0 Å². The number of ether oxygens (including phenoxy) is 2. The monoisotopic (exact) mass is 447 g/mol. The minimum atomic E-state index is -1.08. The van der Waals surface area contributed by atoms with E-state index in [4.69, 9.17) is 9.47 Å². The van der Waals surface area contributed by atoms with Crippen LogP contribution in [0.15, 0.2) is 60.7 Å². The maximum atomic E-state index is 13.4. The fourth-order valence-electron chi connectivity index (χ4n) is 3.20. The van der Waals surface area contributed by atoms with E-state index in [1.807, 2.05) is 62.4 Å². The summed E-state index contributed by atoms with van der Waals surface area (Å²) < 4.78 is 12.0. The fraction of sp³-hybridized carbons (Fsp3) is 0.364. The molecular weight excluding hydrogens is 421 g/mol. The third-order valence-electron chi connectivity index (χ3n) is 4.86. The topological polar surface area (TPSA) is 59.0 Å². The van der Waals surface area contributed by atoms with Crippen LogP contribution in [-0.4, -0.2) is 55.0 Å². The molecule has 28 heavy (non-hydrogen) atoms. The summed E-state index contributed by atoms with van der Waals surface area (Å²) in [6, 6.07) is 18.6. The van der Waals surface area contributed by atoms with Crippen LogP contribution in [0.5, 0.6) is 0 Å². The van der Waals surface area contributed by atoms with Crippen molar-refractivity contribution in [2.24, 2.45) is 5.92 Å². The van der Waals surface area contributed by atoms with Crippen molar-refractivity contribution >= 4 is 26.2 Å². The third-order valence-corrected chi connectivity index (χ3v) is 5.52. The molecule has 0 aliphatic carbocycles. The zero-order valence-electron chi connectivity index (χ0n) is 16.0. The second-order valence-corrected chi connectivity index (χ2v) is 7.90. The van der Waals surface area contributed by atoms with Crippen LogP contribution in [0, 0.1) is 5.92 Å². The number of nitrogens with zero attached hydrogens (tertiary/aromatic N) is 1. The number of rotatable bonds is 7. The number of benzene rings is 2. The molecule has 1 amide bonds. The first-order valence-corrected chi connectivity index (χ1v) is 10.2. The third kappa shape index (κ3) is 4.70. The minimum absolute atomic E-state index is 0.102. The van der Waals surface area contributed by atoms with E-state index in [0.717, 1.165) is 5.56 Å². The Labute approximate surface area is 173 Å². The molecule has 2 aromatic rings. The average Bonchev–Trinajstić information content (AvgIpc) is 3.11. The number of carbonyl (C=O) groups excluding carboxylic acids is 1. The maximum absolute atomic E-state index is 13.4. The summed E-state index contributed by atoms with van der Waals surface area (Å²) in [5, 5.41) is 11.0. The second kappa shape index (κ2) is 9.48. The first-order chi connectivity index (χ1) is 13.5. The average molecular weight is 446 g/mol. The van der Waals surface area contributed by atoms with E-state index in [2.05, 4.69) is 15.6 Å². The predicted octanol–water partition coefficient (Wildman–Crippen LogP) is 2.44. The Morgan fingerprint density at radius 2 is 1.79 bits per heavy atom. The van der Waals surface area contributed by atoms with Crippen LogP contribution >= 0.6 is 0 Å². The van der Waals surface area contributed by atoms with Gasteiger partial charge in [0.05, 0.1) is 0 Å². The van der Waals surface area contributed by atoms with Crippen molar-refractivity contribution in [1.29, 1.82) is 0 Å². The Balaban J connectivity index is 1.86. The molecule has 5 nitrogen and oxygen atoms in total. The van der Waals surface area contributed by atoms with E-state index in [9.17, 15) is 9.90 Å². The van der Waals surface area contributed by atoms with Gasteiger partial charge in [0, 0.05) is 0 Å². The Hall–Kier alpha value is -1.98. The van der Waals surface area contributed by atoms with Gasteiger partial charge in [-0.1, -0.05) is 0 Å². The van der Waals surface area contributed by atoms with Gasteiger partial charge in [-0.25, -0.2) is 0 Å². The normalized spacial score (nSPS) is 18.8.